The van der Waals surface area contributed by atoms with Gasteiger partial charge in [-0.2, -0.15) is 0 Å². The van der Waals surface area contributed by atoms with Gasteiger partial charge in [0.1, 0.15) is 11.3 Å². The van der Waals surface area contributed by atoms with Crippen LogP contribution in [-0.2, 0) is 11.3 Å². The Morgan fingerprint density at radius 3 is 2.68 bits per heavy atom. The van der Waals surface area contributed by atoms with Crippen molar-refractivity contribution in [2.24, 2.45) is 0 Å². The number of ether oxygens (including phenoxy) is 3. The number of phenols is 1. The quantitative estimate of drug-likeness (QED) is 0.699. The third-order valence-electron chi connectivity index (χ3n) is 5.15. The summed E-state index contributed by atoms with van der Waals surface area (Å²) in [6.07, 6.45) is 0. The number of benzene rings is 2. The van der Waals surface area contributed by atoms with E-state index in [1.165, 1.54) is 0 Å². The van der Waals surface area contributed by atoms with Crippen LogP contribution < -0.4 is 15.1 Å². The average molecular weight is 381 g/mol. The number of nitrogens with zero attached hydrogens (tertiary/aromatic N) is 1. The molecule has 1 N–H and O–H groups in total. The second-order valence-corrected chi connectivity index (χ2v) is 6.89. The van der Waals surface area contributed by atoms with Gasteiger partial charge in [0.15, 0.2) is 11.5 Å². The molecule has 0 saturated carbocycles. The first-order valence-corrected chi connectivity index (χ1v) is 9.18. The van der Waals surface area contributed by atoms with Gasteiger partial charge in [-0.25, -0.2) is 4.79 Å². The fourth-order valence-electron chi connectivity index (χ4n) is 3.63. The summed E-state index contributed by atoms with van der Waals surface area (Å²) < 4.78 is 21.8. The first-order valence-electron chi connectivity index (χ1n) is 9.18. The van der Waals surface area contributed by atoms with Crippen LogP contribution in [0.3, 0.4) is 0 Å². The average Bonchev–Trinajstić information content (AvgIpc) is 3.19. The largest absolute Gasteiger partial charge is 0.507 e. The first-order chi connectivity index (χ1) is 13.7. The Labute approximate surface area is 160 Å². The lowest BCUT2D eigenvalue weighted by Gasteiger charge is -2.27. The topological polar surface area (TPSA) is 81.4 Å². The lowest BCUT2D eigenvalue weighted by Crippen LogP contribution is -2.35. The highest BCUT2D eigenvalue weighted by molar-refractivity contribution is 5.86. The Hall–Kier alpha value is -3.03. The molecule has 2 aliphatic heterocycles. The van der Waals surface area contributed by atoms with Crippen LogP contribution in [0.4, 0.5) is 0 Å². The normalized spacial score (nSPS) is 16.6. The maximum atomic E-state index is 12.7. The van der Waals surface area contributed by atoms with Gasteiger partial charge in [-0.05, 0) is 35.9 Å². The zero-order valence-electron chi connectivity index (χ0n) is 15.1. The van der Waals surface area contributed by atoms with Gasteiger partial charge in [-0.3, -0.25) is 4.90 Å². The maximum Gasteiger partial charge on any atom is 0.344 e. The summed E-state index contributed by atoms with van der Waals surface area (Å²) in [4.78, 5) is 14.9. The molecule has 2 aliphatic rings. The molecule has 0 radical (unpaired) electrons. The molecule has 5 rings (SSSR count). The summed E-state index contributed by atoms with van der Waals surface area (Å²) in [5.74, 6) is 1.39. The molecule has 0 spiro atoms. The minimum atomic E-state index is -0.458. The van der Waals surface area contributed by atoms with Crippen LogP contribution in [0.5, 0.6) is 17.2 Å². The monoisotopic (exact) mass is 381 g/mol. The molecule has 144 valence electrons. The molecule has 1 aromatic heterocycles. The van der Waals surface area contributed by atoms with E-state index in [1.54, 1.807) is 36.4 Å². The zero-order chi connectivity index (χ0) is 19.1. The van der Waals surface area contributed by atoms with Crippen LogP contribution >= 0.6 is 0 Å². The van der Waals surface area contributed by atoms with Gasteiger partial charge in [-0.1, -0.05) is 6.07 Å². The summed E-state index contributed by atoms with van der Waals surface area (Å²) in [5, 5.41) is 11.1. The minimum absolute atomic E-state index is 0.123. The Bertz CT molecular complexity index is 1100. The van der Waals surface area contributed by atoms with Crippen molar-refractivity contribution in [2.45, 2.75) is 6.54 Å². The Balaban J connectivity index is 1.58. The number of morpholine rings is 1. The van der Waals surface area contributed by atoms with E-state index >= 15 is 0 Å². The fraction of sp³-hybridized carbons (Fsp3) is 0.286. The van der Waals surface area contributed by atoms with E-state index in [4.69, 9.17) is 18.6 Å². The number of aromatic hydroxyl groups is 1. The second kappa shape index (κ2) is 6.85. The molecule has 0 aliphatic carbocycles. The van der Waals surface area contributed by atoms with E-state index in [2.05, 4.69) is 4.90 Å². The molecular weight excluding hydrogens is 362 g/mol. The lowest BCUT2D eigenvalue weighted by molar-refractivity contribution is 0.0339. The third kappa shape index (κ3) is 2.98. The third-order valence-corrected chi connectivity index (χ3v) is 5.15. The molecule has 0 amide bonds. The number of fused-ring (bicyclic) bond motifs is 2. The summed E-state index contributed by atoms with van der Waals surface area (Å²) in [6, 6.07) is 10.5. The zero-order valence-corrected chi connectivity index (χ0v) is 15.1. The Morgan fingerprint density at radius 2 is 1.82 bits per heavy atom. The highest BCUT2D eigenvalue weighted by atomic mass is 16.7. The SMILES string of the molecule is O=c1oc2c(CN3CCOCC3)c(O)ccc2cc1-c1ccc2c(c1)OCO2. The molecule has 3 heterocycles. The summed E-state index contributed by atoms with van der Waals surface area (Å²) in [7, 11) is 0. The van der Waals surface area contributed by atoms with Crippen LogP contribution in [0.1, 0.15) is 5.56 Å². The number of rotatable bonds is 3. The molecule has 1 fully saturated rings. The van der Waals surface area contributed by atoms with Crippen LogP contribution in [0, 0.1) is 0 Å². The highest BCUT2D eigenvalue weighted by Gasteiger charge is 2.20. The summed E-state index contributed by atoms with van der Waals surface area (Å²) in [6.45, 7) is 3.53. The van der Waals surface area contributed by atoms with E-state index in [1.807, 2.05) is 0 Å². The van der Waals surface area contributed by atoms with Crippen molar-refractivity contribution in [1.82, 2.24) is 4.90 Å². The molecule has 7 nitrogen and oxygen atoms in total. The van der Waals surface area contributed by atoms with Gasteiger partial charge in [0.25, 0.3) is 0 Å². The predicted molar refractivity (Wildman–Crippen MR) is 102 cm³/mol. The molecule has 2 aromatic carbocycles. The molecule has 0 bridgehead atoms. The van der Waals surface area contributed by atoms with Crippen LogP contribution in [0.15, 0.2) is 45.6 Å². The smallest absolute Gasteiger partial charge is 0.344 e. The van der Waals surface area contributed by atoms with E-state index in [-0.39, 0.29) is 12.5 Å². The van der Waals surface area contributed by atoms with Crippen molar-refractivity contribution >= 4 is 11.0 Å². The van der Waals surface area contributed by atoms with E-state index in [0.717, 1.165) is 18.5 Å². The molecule has 3 aromatic rings. The van der Waals surface area contributed by atoms with Gasteiger partial charge in [0.2, 0.25) is 6.79 Å². The van der Waals surface area contributed by atoms with Crippen molar-refractivity contribution < 1.29 is 23.7 Å². The van der Waals surface area contributed by atoms with Crippen molar-refractivity contribution in [3.63, 3.8) is 0 Å². The van der Waals surface area contributed by atoms with E-state index in [9.17, 15) is 9.90 Å². The van der Waals surface area contributed by atoms with Gasteiger partial charge in [0, 0.05) is 25.0 Å². The standard InChI is InChI=1S/C21H19NO6/c23-17-3-1-14-9-15(13-2-4-18-19(10-13)27-12-26-18)21(24)28-20(14)16(17)11-22-5-7-25-8-6-22/h1-4,9-10,23H,5-8,11-12H2. The Morgan fingerprint density at radius 1 is 1.00 bits per heavy atom. The van der Waals surface area contributed by atoms with Gasteiger partial charge < -0.3 is 23.7 Å². The van der Waals surface area contributed by atoms with E-state index < -0.39 is 5.63 Å². The molecule has 7 heteroatoms. The molecule has 28 heavy (non-hydrogen) atoms. The highest BCUT2D eigenvalue weighted by Crippen LogP contribution is 2.36. The maximum absolute atomic E-state index is 12.7. The van der Waals surface area contributed by atoms with E-state index in [0.29, 0.717) is 53.5 Å². The molecular formula is C21H19NO6. The van der Waals surface area contributed by atoms with Crippen molar-refractivity contribution in [3.05, 3.63) is 52.4 Å². The van der Waals surface area contributed by atoms with Crippen LogP contribution in [0.25, 0.3) is 22.1 Å². The molecule has 0 unspecified atom stereocenters. The number of phenolic OH excluding ortho intramolecular Hbond substituents is 1. The first kappa shape index (κ1) is 17.1. The van der Waals surface area contributed by atoms with Crippen molar-refractivity contribution in [2.75, 3.05) is 33.1 Å². The lowest BCUT2D eigenvalue weighted by atomic mass is 10.0. The second-order valence-electron chi connectivity index (χ2n) is 6.89. The molecule has 0 atom stereocenters. The van der Waals surface area contributed by atoms with Crippen LogP contribution in [-0.4, -0.2) is 43.1 Å². The van der Waals surface area contributed by atoms with Crippen LogP contribution in [0.2, 0.25) is 0 Å². The summed E-state index contributed by atoms with van der Waals surface area (Å²) in [5.41, 5.74) is 1.71. The fourth-order valence-corrected chi connectivity index (χ4v) is 3.63. The Kier molecular flexibility index (Phi) is 4.18. The van der Waals surface area contributed by atoms with Gasteiger partial charge >= 0.3 is 5.63 Å². The van der Waals surface area contributed by atoms with Crippen molar-refractivity contribution in [3.8, 4) is 28.4 Å². The number of hydrogen-bond acceptors (Lipinski definition) is 7. The van der Waals surface area contributed by atoms with Crippen molar-refractivity contribution in [1.29, 1.82) is 0 Å². The molecule has 1 saturated heterocycles. The minimum Gasteiger partial charge on any atom is -0.507 e. The van der Waals surface area contributed by atoms with Gasteiger partial charge in [0.05, 0.1) is 24.3 Å². The summed E-state index contributed by atoms with van der Waals surface area (Å²) >= 11 is 0. The van der Waals surface area contributed by atoms with Gasteiger partial charge in [-0.15, -0.1) is 0 Å². The predicted octanol–water partition coefficient (Wildman–Crippen LogP) is 2.73. The number of hydrogen-bond donors (Lipinski definition) is 1.